The first-order chi connectivity index (χ1) is 21.1. The second-order valence-corrected chi connectivity index (χ2v) is 11.7. The van der Waals surface area contributed by atoms with E-state index in [1.165, 1.54) is 12.5 Å². The van der Waals surface area contributed by atoms with E-state index in [9.17, 15) is 10.1 Å². The number of carbonyl (C=O) groups excluding carboxylic acids is 1. The van der Waals surface area contributed by atoms with E-state index in [0.717, 1.165) is 49.9 Å². The fourth-order valence-electron chi connectivity index (χ4n) is 6.60. The number of pyridine rings is 1. The molecule has 0 spiro atoms. The normalized spacial score (nSPS) is 22.2. The number of halogens is 1. The molecule has 0 radical (unpaired) electrons. The molecule has 4 heterocycles. The topological polar surface area (TPSA) is 109 Å². The van der Waals surface area contributed by atoms with Gasteiger partial charge in [-0.3, -0.25) is 9.78 Å². The summed E-state index contributed by atoms with van der Waals surface area (Å²) in [6.45, 7) is 3.01. The van der Waals surface area contributed by atoms with Gasteiger partial charge in [0.2, 0.25) is 0 Å². The van der Waals surface area contributed by atoms with E-state index in [-0.39, 0.29) is 29.2 Å². The van der Waals surface area contributed by atoms with E-state index in [4.69, 9.17) is 13.9 Å². The summed E-state index contributed by atoms with van der Waals surface area (Å²) in [6.07, 6.45) is 6.73. The third-order valence-electron chi connectivity index (χ3n) is 9.15. The summed E-state index contributed by atoms with van der Waals surface area (Å²) >= 11 is 0. The number of benzene rings is 2. The van der Waals surface area contributed by atoms with Crippen LogP contribution in [0.4, 0.5) is 4.39 Å². The minimum Gasteiger partial charge on any atom is -0.489 e. The van der Waals surface area contributed by atoms with Gasteiger partial charge in [-0.1, -0.05) is 6.07 Å². The van der Waals surface area contributed by atoms with Crippen molar-refractivity contribution in [1.82, 2.24) is 15.6 Å². The second kappa shape index (κ2) is 11.8. The van der Waals surface area contributed by atoms with E-state index in [0.29, 0.717) is 53.2 Å². The lowest BCUT2D eigenvalue weighted by atomic mass is 9.69. The molecule has 2 N–H and O–H groups in total. The van der Waals surface area contributed by atoms with Crippen LogP contribution in [0.25, 0.3) is 33.6 Å². The lowest BCUT2D eigenvalue weighted by molar-refractivity contribution is 0.0254. The highest BCUT2D eigenvalue weighted by atomic mass is 19.1. The Morgan fingerprint density at radius 2 is 1.93 bits per heavy atom. The number of hydrogen-bond acceptors (Lipinski definition) is 7. The van der Waals surface area contributed by atoms with Gasteiger partial charge in [0.25, 0.3) is 5.91 Å². The maximum atomic E-state index is 15.4. The molecule has 0 bridgehead atoms. The van der Waals surface area contributed by atoms with Gasteiger partial charge in [-0.25, -0.2) is 4.39 Å². The molecule has 2 aromatic carbocycles. The van der Waals surface area contributed by atoms with Crippen LogP contribution in [0.1, 0.15) is 48.0 Å². The Hall–Kier alpha value is -4.26. The Kier molecular flexibility index (Phi) is 7.56. The van der Waals surface area contributed by atoms with E-state index in [1.54, 1.807) is 36.5 Å². The molecule has 3 fully saturated rings. The maximum absolute atomic E-state index is 15.4. The van der Waals surface area contributed by atoms with Gasteiger partial charge in [0.05, 0.1) is 24.3 Å². The van der Waals surface area contributed by atoms with Gasteiger partial charge in [-0.2, -0.15) is 5.26 Å². The van der Waals surface area contributed by atoms with Gasteiger partial charge >= 0.3 is 0 Å². The fraction of sp³-hybridized carbons (Fsp3) is 0.382. The first kappa shape index (κ1) is 27.6. The molecule has 7 rings (SSSR count). The number of nitrogens with zero attached hydrogens (tertiary/aromatic N) is 2. The number of furan rings is 1. The highest BCUT2D eigenvalue weighted by Gasteiger charge is 2.38. The molecule has 1 amide bonds. The molecule has 3 aliphatic rings. The minimum atomic E-state index is -0.546. The van der Waals surface area contributed by atoms with Crippen molar-refractivity contribution >= 4 is 17.0 Å². The van der Waals surface area contributed by atoms with Crippen LogP contribution in [0.2, 0.25) is 0 Å². The molecular weight excluding hydrogens is 547 g/mol. The minimum absolute atomic E-state index is 0.0169. The third kappa shape index (κ3) is 5.49. The van der Waals surface area contributed by atoms with E-state index in [2.05, 4.69) is 21.7 Å². The van der Waals surface area contributed by atoms with Crippen LogP contribution in [0.15, 0.2) is 59.1 Å². The number of amides is 1. The van der Waals surface area contributed by atoms with Crippen LogP contribution in [-0.2, 0) is 4.74 Å². The molecule has 1 saturated carbocycles. The van der Waals surface area contributed by atoms with E-state index in [1.807, 2.05) is 12.1 Å². The van der Waals surface area contributed by atoms with Gasteiger partial charge in [-0.15, -0.1) is 0 Å². The number of fused-ring (bicyclic) bond motifs is 2. The van der Waals surface area contributed by atoms with Crippen molar-refractivity contribution in [3.63, 3.8) is 0 Å². The van der Waals surface area contributed by atoms with Crippen molar-refractivity contribution in [2.45, 2.75) is 44.2 Å². The summed E-state index contributed by atoms with van der Waals surface area (Å²) < 4.78 is 33.1. The number of nitriles is 1. The summed E-state index contributed by atoms with van der Waals surface area (Å²) in [6, 6.07) is 15.7. The number of hydrogen-bond donors (Lipinski definition) is 2. The molecule has 2 aromatic heterocycles. The predicted molar refractivity (Wildman–Crippen MR) is 159 cm³/mol. The first-order valence-corrected chi connectivity index (χ1v) is 15.1. The zero-order chi connectivity index (χ0) is 29.3. The van der Waals surface area contributed by atoms with Crippen molar-refractivity contribution in [3.05, 3.63) is 71.7 Å². The van der Waals surface area contributed by atoms with E-state index >= 15 is 4.39 Å². The largest absolute Gasteiger partial charge is 0.489 e. The lowest BCUT2D eigenvalue weighted by Gasteiger charge is -2.40. The van der Waals surface area contributed by atoms with Gasteiger partial charge in [-0.05, 0) is 79.6 Å². The zero-order valence-electron chi connectivity index (χ0n) is 23.8. The Balaban J connectivity index is 1.13. The van der Waals surface area contributed by atoms with Crippen molar-refractivity contribution in [2.75, 3.05) is 26.3 Å². The second-order valence-electron chi connectivity index (χ2n) is 11.7. The molecule has 43 heavy (non-hydrogen) atoms. The zero-order valence-corrected chi connectivity index (χ0v) is 23.8. The molecule has 1 aliphatic carbocycles. The summed E-state index contributed by atoms with van der Waals surface area (Å²) in [7, 11) is 0. The average molecular weight is 581 g/mol. The SMILES string of the molecule is N#Cc1cc(-c2ccnc3cc(-c4ccc(C(=O)NC5CNCCC6CCC65)cc4F)oc23)ccc1OC1CCOCC1. The Morgan fingerprint density at radius 1 is 1.05 bits per heavy atom. The smallest absolute Gasteiger partial charge is 0.251 e. The predicted octanol–water partition coefficient (Wildman–Crippen LogP) is 5.85. The first-order valence-electron chi connectivity index (χ1n) is 15.1. The quantitative estimate of drug-likeness (QED) is 0.295. The van der Waals surface area contributed by atoms with Crippen molar-refractivity contribution < 1.29 is 23.1 Å². The Bertz CT molecular complexity index is 1710. The summed E-state index contributed by atoms with van der Waals surface area (Å²) in [5, 5.41) is 16.4. The summed E-state index contributed by atoms with van der Waals surface area (Å²) in [5.74, 6) is 1.18. The van der Waals surface area contributed by atoms with Crippen LogP contribution < -0.4 is 15.4 Å². The fourth-order valence-corrected chi connectivity index (χ4v) is 6.60. The molecule has 220 valence electrons. The molecule has 2 aliphatic heterocycles. The van der Waals surface area contributed by atoms with Crippen molar-refractivity contribution in [3.8, 4) is 34.3 Å². The van der Waals surface area contributed by atoms with Gasteiger partial charge < -0.3 is 24.5 Å². The van der Waals surface area contributed by atoms with Gasteiger partial charge in [0, 0.05) is 48.8 Å². The number of aromatic nitrogens is 1. The summed E-state index contributed by atoms with van der Waals surface area (Å²) in [4.78, 5) is 17.5. The number of ether oxygens (including phenoxy) is 2. The average Bonchev–Trinajstić information content (AvgIpc) is 3.39. The molecule has 8 nitrogen and oxygen atoms in total. The monoisotopic (exact) mass is 580 g/mol. The van der Waals surface area contributed by atoms with Crippen LogP contribution in [0, 0.1) is 29.0 Å². The highest BCUT2D eigenvalue weighted by molar-refractivity contribution is 5.96. The lowest BCUT2D eigenvalue weighted by Crippen LogP contribution is -2.49. The Morgan fingerprint density at radius 3 is 2.72 bits per heavy atom. The Labute approximate surface area is 249 Å². The van der Waals surface area contributed by atoms with Crippen LogP contribution in [-0.4, -0.2) is 49.3 Å². The van der Waals surface area contributed by atoms with Gasteiger partial charge in [0.1, 0.15) is 35.0 Å². The molecule has 3 unspecified atom stereocenters. The van der Waals surface area contributed by atoms with Gasteiger partial charge in [0.15, 0.2) is 5.58 Å². The summed E-state index contributed by atoms with van der Waals surface area (Å²) in [5.41, 5.74) is 3.49. The molecular formula is C34H33FN4O4. The molecule has 9 heteroatoms. The van der Waals surface area contributed by atoms with Crippen LogP contribution >= 0.6 is 0 Å². The van der Waals surface area contributed by atoms with Crippen LogP contribution in [0.3, 0.4) is 0 Å². The number of rotatable bonds is 6. The van der Waals surface area contributed by atoms with Crippen molar-refractivity contribution in [1.29, 1.82) is 5.26 Å². The molecule has 2 saturated heterocycles. The molecule has 3 atom stereocenters. The van der Waals surface area contributed by atoms with Crippen LogP contribution in [0.5, 0.6) is 5.75 Å². The molecule has 4 aromatic rings. The maximum Gasteiger partial charge on any atom is 0.251 e. The highest BCUT2D eigenvalue weighted by Crippen LogP contribution is 2.40. The van der Waals surface area contributed by atoms with Crippen molar-refractivity contribution in [2.24, 2.45) is 11.8 Å². The van der Waals surface area contributed by atoms with E-state index < -0.39 is 5.82 Å². The number of carbonyl (C=O) groups is 1. The number of nitrogens with one attached hydrogen (secondary N) is 2. The standard InChI is InChI=1S/C34H33FN4O4/c35-28-16-22(34(40)39-30-19-37-11-7-20-1-4-25(20)30)2-5-27(28)32-17-29-33(43-32)26(8-12-38-29)21-3-6-31(23(15-21)18-36)42-24-9-13-41-14-10-24/h2-3,5-6,8,12,15-17,20,24-25,30,37H,1,4,7,9-11,13-14,19H2,(H,39,40). The third-order valence-corrected chi connectivity index (χ3v) is 9.15.